The summed E-state index contributed by atoms with van der Waals surface area (Å²) in [6, 6.07) is 33.2. The predicted octanol–water partition coefficient (Wildman–Crippen LogP) is 6.76. The fourth-order valence-corrected chi connectivity index (χ4v) is 5.17. The molecule has 0 saturated heterocycles. The molecule has 3 N–H and O–H groups in total. The van der Waals surface area contributed by atoms with Crippen LogP contribution in [0.25, 0.3) is 16.8 Å². The molecule has 0 aliphatic rings. The molecule has 0 bridgehead atoms. The molecule has 0 saturated carbocycles. The van der Waals surface area contributed by atoms with Crippen molar-refractivity contribution >= 4 is 57.7 Å². The Morgan fingerprint density at radius 2 is 1.57 bits per heavy atom. The van der Waals surface area contributed by atoms with Crippen LogP contribution in [0, 0.1) is 0 Å². The molecule has 1 atom stereocenters. The molecule has 1 unspecified atom stereocenters. The van der Waals surface area contributed by atoms with Crippen LogP contribution in [0.2, 0.25) is 0 Å². The minimum atomic E-state index is -0.493. The normalized spacial score (nSPS) is 11.9. The standard InChI is InChI=1S/C34H28N4O3S/c1-23(32(39)37-30-18-7-14-25-11-5-6-17-29(25)30)42-28-16-8-15-27(21-28)36-34(41)31(20-24-10-9-19-35-22-24)38-33(40)26-12-3-2-4-13-26/h2-23H,1H3,(H,36,41)(H,37,39)(H,38,40)/b31-20-. The molecule has 5 aromatic rings. The van der Waals surface area contributed by atoms with Crippen molar-refractivity contribution in [1.82, 2.24) is 10.3 Å². The average Bonchev–Trinajstić information content (AvgIpc) is 3.02. The number of fused-ring (bicyclic) bond motifs is 1. The van der Waals surface area contributed by atoms with E-state index in [1.54, 1.807) is 73.1 Å². The third-order valence-corrected chi connectivity index (χ3v) is 7.44. The molecule has 7 nitrogen and oxygen atoms in total. The molecule has 0 aliphatic heterocycles. The largest absolute Gasteiger partial charge is 0.325 e. The molecular formula is C34H28N4O3S. The van der Waals surface area contributed by atoms with Gasteiger partial charge in [0.05, 0.1) is 5.25 Å². The number of rotatable bonds is 9. The SMILES string of the molecule is CC(Sc1cccc(NC(=O)/C(=C/c2cccnc2)NC(=O)c2ccccc2)c1)C(=O)Nc1cccc2ccccc12. The molecule has 1 heterocycles. The zero-order chi connectivity index (χ0) is 29.3. The van der Waals surface area contributed by atoms with Crippen molar-refractivity contribution in [3.8, 4) is 0 Å². The van der Waals surface area contributed by atoms with Crippen molar-refractivity contribution in [2.45, 2.75) is 17.1 Å². The summed E-state index contributed by atoms with van der Waals surface area (Å²) in [4.78, 5) is 44.2. The van der Waals surface area contributed by atoms with Gasteiger partial charge in [0.2, 0.25) is 5.91 Å². The highest BCUT2D eigenvalue weighted by Crippen LogP contribution is 2.28. The van der Waals surface area contributed by atoms with Gasteiger partial charge in [0.15, 0.2) is 0 Å². The number of benzene rings is 4. The van der Waals surface area contributed by atoms with Crippen molar-refractivity contribution in [3.63, 3.8) is 0 Å². The first-order valence-corrected chi connectivity index (χ1v) is 14.2. The molecule has 42 heavy (non-hydrogen) atoms. The van der Waals surface area contributed by atoms with E-state index >= 15 is 0 Å². The number of nitrogens with zero attached hydrogens (tertiary/aromatic N) is 1. The summed E-state index contributed by atoms with van der Waals surface area (Å²) in [5, 5.41) is 10.3. The Hall–Kier alpha value is -5.21. The Morgan fingerprint density at radius 1 is 0.810 bits per heavy atom. The first-order valence-electron chi connectivity index (χ1n) is 13.3. The number of amides is 3. The third kappa shape index (κ3) is 7.30. The second-order valence-electron chi connectivity index (χ2n) is 9.42. The van der Waals surface area contributed by atoms with Gasteiger partial charge < -0.3 is 16.0 Å². The van der Waals surface area contributed by atoms with Crippen molar-refractivity contribution in [3.05, 3.63) is 138 Å². The maximum Gasteiger partial charge on any atom is 0.272 e. The minimum absolute atomic E-state index is 0.0674. The predicted molar refractivity (Wildman–Crippen MR) is 169 cm³/mol. The maximum absolute atomic E-state index is 13.4. The van der Waals surface area contributed by atoms with Gasteiger partial charge in [-0.1, -0.05) is 66.7 Å². The topological polar surface area (TPSA) is 100 Å². The van der Waals surface area contributed by atoms with Gasteiger partial charge in [-0.05, 0) is 66.4 Å². The number of pyridine rings is 1. The second kappa shape index (κ2) is 13.4. The lowest BCUT2D eigenvalue weighted by molar-refractivity contribution is -0.115. The molecule has 0 aliphatic carbocycles. The lowest BCUT2D eigenvalue weighted by Gasteiger charge is -2.15. The number of anilines is 2. The summed E-state index contributed by atoms with van der Waals surface area (Å²) in [6.07, 6.45) is 4.80. The van der Waals surface area contributed by atoms with Gasteiger partial charge in [0.25, 0.3) is 11.8 Å². The van der Waals surface area contributed by atoms with Crippen molar-refractivity contribution < 1.29 is 14.4 Å². The van der Waals surface area contributed by atoms with E-state index in [9.17, 15) is 14.4 Å². The number of thioether (sulfide) groups is 1. The van der Waals surface area contributed by atoms with Gasteiger partial charge in [-0.3, -0.25) is 19.4 Å². The van der Waals surface area contributed by atoms with E-state index in [2.05, 4.69) is 20.9 Å². The van der Waals surface area contributed by atoms with E-state index in [-0.39, 0.29) is 11.6 Å². The lowest BCUT2D eigenvalue weighted by Crippen LogP contribution is -2.30. The second-order valence-corrected chi connectivity index (χ2v) is 10.8. The van der Waals surface area contributed by atoms with Gasteiger partial charge in [0.1, 0.15) is 5.70 Å². The fourth-order valence-electron chi connectivity index (χ4n) is 4.24. The number of carbonyl (C=O) groups excluding carboxylic acids is 3. The van der Waals surface area contributed by atoms with Crippen LogP contribution >= 0.6 is 11.8 Å². The molecule has 0 spiro atoms. The van der Waals surface area contributed by atoms with Gasteiger partial charge in [-0.15, -0.1) is 11.8 Å². The summed E-state index contributed by atoms with van der Waals surface area (Å²) in [7, 11) is 0. The van der Waals surface area contributed by atoms with Crippen molar-refractivity contribution in [1.29, 1.82) is 0 Å². The molecule has 0 fully saturated rings. The smallest absolute Gasteiger partial charge is 0.272 e. The third-order valence-electron chi connectivity index (χ3n) is 6.35. The first-order chi connectivity index (χ1) is 20.5. The van der Waals surface area contributed by atoms with Crippen LogP contribution in [0.5, 0.6) is 0 Å². The van der Waals surface area contributed by atoms with Crippen molar-refractivity contribution in [2.24, 2.45) is 0 Å². The van der Waals surface area contributed by atoms with E-state index in [0.29, 0.717) is 16.8 Å². The molecular weight excluding hydrogens is 544 g/mol. The lowest BCUT2D eigenvalue weighted by atomic mass is 10.1. The highest BCUT2D eigenvalue weighted by molar-refractivity contribution is 8.00. The number of aromatic nitrogens is 1. The van der Waals surface area contributed by atoms with E-state index in [1.165, 1.54) is 11.8 Å². The Bertz CT molecular complexity index is 1750. The molecule has 0 radical (unpaired) electrons. The highest BCUT2D eigenvalue weighted by atomic mass is 32.2. The van der Waals surface area contributed by atoms with Gasteiger partial charge in [0, 0.05) is 39.6 Å². The zero-order valence-electron chi connectivity index (χ0n) is 22.8. The van der Waals surface area contributed by atoms with Crippen LogP contribution in [0.1, 0.15) is 22.8 Å². The van der Waals surface area contributed by atoms with Crippen LogP contribution in [-0.2, 0) is 9.59 Å². The number of nitrogens with one attached hydrogen (secondary N) is 3. The summed E-state index contributed by atoms with van der Waals surface area (Å²) < 4.78 is 0. The van der Waals surface area contributed by atoms with Gasteiger partial charge in [-0.25, -0.2) is 0 Å². The van der Waals surface area contributed by atoms with Crippen molar-refractivity contribution in [2.75, 3.05) is 10.6 Å². The molecule has 5 rings (SSSR count). The van der Waals surface area contributed by atoms with E-state index in [0.717, 1.165) is 21.4 Å². The Kier molecular flexibility index (Phi) is 9.06. The number of hydrogen-bond donors (Lipinski definition) is 3. The Labute approximate surface area is 248 Å². The quantitative estimate of drug-likeness (QED) is 0.134. The van der Waals surface area contributed by atoms with Crippen LogP contribution in [0.15, 0.2) is 132 Å². The van der Waals surface area contributed by atoms with E-state index < -0.39 is 17.1 Å². The van der Waals surface area contributed by atoms with Crippen LogP contribution in [0.4, 0.5) is 11.4 Å². The highest BCUT2D eigenvalue weighted by Gasteiger charge is 2.18. The summed E-state index contributed by atoms with van der Waals surface area (Å²) in [5.41, 5.74) is 2.44. The number of hydrogen-bond acceptors (Lipinski definition) is 5. The first kappa shape index (κ1) is 28.3. The Morgan fingerprint density at radius 3 is 2.38 bits per heavy atom. The average molecular weight is 573 g/mol. The minimum Gasteiger partial charge on any atom is -0.325 e. The fraction of sp³-hybridized carbons (Fsp3) is 0.0588. The molecule has 3 amide bonds. The number of carbonyl (C=O) groups is 3. The summed E-state index contributed by atoms with van der Waals surface area (Å²) in [6.45, 7) is 1.84. The molecule has 208 valence electrons. The maximum atomic E-state index is 13.4. The van der Waals surface area contributed by atoms with Crippen LogP contribution < -0.4 is 16.0 Å². The van der Waals surface area contributed by atoms with Gasteiger partial charge >= 0.3 is 0 Å². The van der Waals surface area contributed by atoms with E-state index in [4.69, 9.17) is 0 Å². The van der Waals surface area contributed by atoms with Crippen LogP contribution in [0.3, 0.4) is 0 Å². The molecule has 8 heteroatoms. The molecule has 1 aromatic heterocycles. The summed E-state index contributed by atoms with van der Waals surface area (Å²) in [5.74, 6) is -1.03. The van der Waals surface area contributed by atoms with Crippen LogP contribution in [-0.4, -0.2) is 28.0 Å². The van der Waals surface area contributed by atoms with Gasteiger partial charge in [-0.2, -0.15) is 0 Å². The zero-order valence-corrected chi connectivity index (χ0v) is 23.6. The monoisotopic (exact) mass is 572 g/mol. The Balaban J connectivity index is 1.28. The van der Waals surface area contributed by atoms with E-state index in [1.807, 2.05) is 61.5 Å². The molecule has 4 aromatic carbocycles. The summed E-state index contributed by atoms with van der Waals surface area (Å²) >= 11 is 1.38.